The lowest BCUT2D eigenvalue weighted by Crippen LogP contribution is -2.08. The summed E-state index contributed by atoms with van der Waals surface area (Å²) in [6.45, 7) is 2.81. The van der Waals surface area contributed by atoms with E-state index in [2.05, 4.69) is 0 Å². The molecule has 0 aliphatic heterocycles. The van der Waals surface area contributed by atoms with Crippen LogP contribution in [0.15, 0.2) is 0 Å². The minimum atomic E-state index is -0.829. The van der Waals surface area contributed by atoms with Gasteiger partial charge < -0.3 is 20.3 Å². The van der Waals surface area contributed by atoms with Crippen LogP contribution in [0.4, 0.5) is 0 Å². The van der Waals surface area contributed by atoms with Crippen molar-refractivity contribution in [1.82, 2.24) is 0 Å². The first-order valence-corrected chi connectivity index (χ1v) is 4.84. The summed E-state index contributed by atoms with van der Waals surface area (Å²) >= 11 is 0. The molecule has 0 rings (SSSR count). The van der Waals surface area contributed by atoms with Crippen LogP contribution in [0.3, 0.4) is 0 Å². The highest BCUT2D eigenvalue weighted by Gasteiger charge is 1.95. The number of hydrogen-bond donors (Lipinski definition) is 2. The van der Waals surface area contributed by atoms with Crippen LogP contribution in [0.5, 0.6) is 0 Å². The van der Waals surface area contributed by atoms with Crippen molar-refractivity contribution in [2.75, 3.05) is 33.0 Å². The molecule has 0 atom stereocenters. The van der Waals surface area contributed by atoms with Crippen LogP contribution in [-0.4, -0.2) is 44.0 Å². The Morgan fingerprint density at radius 1 is 1.07 bits per heavy atom. The van der Waals surface area contributed by atoms with Gasteiger partial charge in [0.1, 0.15) is 0 Å². The number of ether oxygens (including phenoxy) is 2. The molecule has 5 heteroatoms. The van der Waals surface area contributed by atoms with E-state index < -0.39 is 5.97 Å². The van der Waals surface area contributed by atoms with E-state index in [4.69, 9.17) is 20.3 Å². The van der Waals surface area contributed by atoms with Gasteiger partial charge in [-0.2, -0.15) is 0 Å². The molecule has 0 aromatic heterocycles. The quantitative estimate of drug-likeness (QED) is 0.499. The molecule has 0 saturated carbocycles. The van der Waals surface area contributed by atoms with Crippen LogP contribution in [0.25, 0.3) is 0 Å². The normalized spacial score (nSPS) is 10.4. The van der Waals surface area contributed by atoms with Crippen LogP contribution >= 0.6 is 0 Å². The van der Waals surface area contributed by atoms with Crippen LogP contribution in [0.2, 0.25) is 0 Å². The molecule has 0 amide bonds. The molecule has 0 spiro atoms. The zero-order valence-corrected chi connectivity index (χ0v) is 8.41. The molecule has 0 saturated heterocycles. The van der Waals surface area contributed by atoms with E-state index in [1.54, 1.807) is 0 Å². The third-order valence-electron chi connectivity index (χ3n) is 1.53. The zero-order valence-electron chi connectivity index (χ0n) is 8.41. The third-order valence-corrected chi connectivity index (χ3v) is 1.53. The van der Waals surface area contributed by atoms with Crippen molar-refractivity contribution in [2.45, 2.75) is 19.3 Å². The lowest BCUT2D eigenvalue weighted by molar-refractivity contribution is -0.138. The molecule has 0 radical (unpaired) electrons. The van der Waals surface area contributed by atoms with Crippen LogP contribution in [0, 0.1) is 0 Å². The number of carboxylic acids is 1. The average molecular weight is 205 g/mol. The van der Waals surface area contributed by atoms with Crippen molar-refractivity contribution >= 4 is 5.97 Å². The highest BCUT2D eigenvalue weighted by Crippen LogP contribution is 1.88. The molecule has 3 N–H and O–H groups in total. The van der Waals surface area contributed by atoms with E-state index in [-0.39, 0.29) is 13.0 Å². The van der Waals surface area contributed by atoms with Crippen molar-refractivity contribution in [2.24, 2.45) is 5.73 Å². The Labute approximate surface area is 84.2 Å². The lowest BCUT2D eigenvalue weighted by atomic mass is 10.4. The summed E-state index contributed by atoms with van der Waals surface area (Å²) < 4.78 is 10.3. The van der Waals surface area contributed by atoms with E-state index in [0.717, 1.165) is 12.8 Å². The van der Waals surface area contributed by atoms with E-state index in [0.29, 0.717) is 26.4 Å². The molecule has 0 aliphatic rings. The zero-order chi connectivity index (χ0) is 10.6. The summed E-state index contributed by atoms with van der Waals surface area (Å²) in [6, 6.07) is 0. The van der Waals surface area contributed by atoms with Gasteiger partial charge >= 0.3 is 5.97 Å². The van der Waals surface area contributed by atoms with E-state index in [1.807, 2.05) is 0 Å². The average Bonchev–Trinajstić information content (AvgIpc) is 2.15. The summed E-state index contributed by atoms with van der Waals surface area (Å²) in [7, 11) is 0. The van der Waals surface area contributed by atoms with Gasteiger partial charge in [0.05, 0.1) is 13.0 Å². The molecule has 5 nitrogen and oxygen atoms in total. The fourth-order valence-electron chi connectivity index (χ4n) is 0.812. The Hall–Kier alpha value is -0.650. The van der Waals surface area contributed by atoms with Crippen LogP contribution in [0.1, 0.15) is 19.3 Å². The van der Waals surface area contributed by atoms with Crippen molar-refractivity contribution in [3.8, 4) is 0 Å². The molecule has 0 bridgehead atoms. The fraction of sp³-hybridized carbons (Fsp3) is 0.889. The number of hydrogen-bond acceptors (Lipinski definition) is 4. The second-order valence-electron chi connectivity index (χ2n) is 2.86. The van der Waals surface area contributed by atoms with Gasteiger partial charge in [-0.3, -0.25) is 4.79 Å². The van der Waals surface area contributed by atoms with E-state index in [1.165, 1.54) is 0 Å². The standard InChI is InChI=1S/C9H19NO4/c10-4-1-5-13-6-2-7-14-8-3-9(11)12/h1-8,10H2,(H,11,12). The van der Waals surface area contributed by atoms with Crippen molar-refractivity contribution in [3.63, 3.8) is 0 Å². The maximum atomic E-state index is 10.1. The summed E-state index contributed by atoms with van der Waals surface area (Å²) in [4.78, 5) is 10.1. The Morgan fingerprint density at radius 2 is 1.64 bits per heavy atom. The Morgan fingerprint density at radius 3 is 2.21 bits per heavy atom. The van der Waals surface area contributed by atoms with Gasteiger partial charge in [0.15, 0.2) is 0 Å². The minimum absolute atomic E-state index is 0.0635. The molecule has 0 fully saturated rings. The predicted molar refractivity (Wildman–Crippen MR) is 52.2 cm³/mol. The predicted octanol–water partition coefficient (Wildman–Crippen LogP) is 0.233. The highest BCUT2D eigenvalue weighted by atomic mass is 16.5. The summed E-state index contributed by atoms with van der Waals surface area (Å²) in [5.74, 6) is -0.829. The molecule has 0 aromatic carbocycles. The van der Waals surface area contributed by atoms with Crippen molar-refractivity contribution in [3.05, 3.63) is 0 Å². The number of carboxylic acid groups (broad SMARTS) is 1. The first-order chi connectivity index (χ1) is 6.77. The molecular formula is C9H19NO4. The molecule has 84 valence electrons. The van der Waals surface area contributed by atoms with Gasteiger partial charge in [0, 0.05) is 19.8 Å². The lowest BCUT2D eigenvalue weighted by Gasteiger charge is -2.03. The Kier molecular flexibility index (Phi) is 9.95. The van der Waals surface area contributed by atoms with E-state index in [9.17, 15) is 4.79 Å². The summed E-state index contributed by atoms with van der Waals surface area (Å²) in [6.07, 6.45) is 1.73. The molecule has 0 heterocycles. The topological polar surface area (TPSA) is 81.8 Å². The van der Waals surface area contributed by atoms with Gasteiger partial charge in [0.25, 0.3) is 0 Å². The number of nitrogens with two attached hydrogens (primary N) is 1. The molecule has 0 unspecified atom stereocenters. The van der Waals surface area contributed by atoms with Crippen molar-refractivity contribution in [1.29, 1.82) is 0 Å². The molecule has 0 aromatic rings. The Balaban J connectivity index is 2.88. The maximum Gasteiger partial charge on any atom is 0.305 e. The molecule has 14 heavy (non-hydrogen) atoms. The van der Waals surface area contributed by atoms with Gasteiger partial charge in [-0.05, 0) is 19.4 Å². The monoisotopic (exact) mass is 205 g/mol. The SMILES string of the molecule is NCCCOCCCOCCC(=O)O. The highest BCUT2D eigenvalue weighted by molar-refractivity contribution is 5.66. The first kappa shape index (κ1) is 13.4. The summed E-state index contributed by atoms with van der Waals surface area (Å²) in [5.41, 5.74) is 5.28. The molecular weight excluding hydrogens is 186 g/mol. The second-order valence-corrected chi connectivity index (χ2v) is 2.86. The largest absolute Gasteiger partial charge is 0.481 e. The fourth-order valence-corrected chi connectivity index (χ4v) is 0.812. The molecule has 0 aliphatic carbocycles. The first-order valence-electron chi connectivity index (χ1n) is 4.84. The Bertz CT molecular complexity index is 141. The van der Waals surface area contributed by atoms with Crippen molar-refractivity contribution < 1.29 is 19.4 Å². The van der Waals surface area contributed by atoms with E-state index >= 15 is 0 Å². The maximum absolute atomic E-state index is 10.1. The minimum Gasteiger partial charge on any atom is -0.481 e. The van der Waals surface area contributed by atoms with Crippen LogP contribution in [-0.2, 0) is 14.3 Å². The van der Waals surface area contributed by atoms with Crippen LogP contribution < -0.4 is 5.73 Å². The van der Waals surface area contributed by atoms with Gasteiger partial charge in [-0.15, -0.1) is 0 Å². The number of aliphatic carboxylic acids is 1. The second kappa shape index (κ2) is 10.4. The van der Waals surface area contributed by atoms with Gasteiger partial charge in [-0.25, -0.2) is 0 Å². The van der Waals surface area contributed by atoms with Gasteiger partial charge in [-0.1, -0.05) is 0 Å². The third kappa shape index (κ3) is 11.4. The number of rotatable bonds is 10. The smallest absolute Gasteiger partial charge is 0.305 e. The van der Waals surface area contributed by atoms with Gasteiger partial charge in [0.2, 0.25) is 0 Å². The number of carbonyl (C=O) groups is 1. The summed E-state index contributed by atoms with van der Waals surface area (Å²) in [5, 5.41) is 8.30.